The van der Waals surface area contributed by atoms with E-state index in [0.29, 0.717) is 23.6 Å². The average Bonchev–Trinajstić information content (AvgIpc) is 3.13. The van der Waals surface area contributed by atoms with Crippen LogP contribution in [0.25, 0.3) is 11.0 Å². The molecule has 0 N–H and O–H groups in total. The number of nitrogens with zero attached hydrogens (tertiary/aromatic N) is 2. The molecule has 0 amide bonds. The van der Waals surface area contributed by atoms with Gasteiger partial charge in [0.1, 0.15) is 17.1 Å². The number of carbonyl (C=O) groups is 1. The van der Waals surface area contributed by atoms with Crippen molar-refractivity contribution in [1.29, 1.82) is 0 Å². The maximum atomic E-state index is 11.8. The number of methoxy groups -OCH3 is 1. The van der Waals surface area contributed by atoms with Crippen LogP contribution in [0.1, 0.15) is 21.9 Å². The van der Waals surface area contributed by atoms with Gasteiger partial charge in [0.25, 0.3) is 0 Å². The predicted octanol–water partition coefficient (Wildman–Crippen LogP) is 4.05. The predicted molar refractivity (Wildman–Crippen MR) is 94.5 cm³/mol. The normalized spacial score (nSPS) is 10.9. The molecule has 0 radical (unpaired) electrons. The van der Waals surface area contributed by atoms with Gasteiger partial charge in [-0.25, -0.2) is 9.78 Å². The van der Waals surface area contributed by atoms with E-state index in [4.69, 9.17) is 9.15 Å². The fourth-order valence-electron chi connectivity index (χ4n) is 2.54. The Morgan fingerprint density at radius 1 is 1.46 bits per heavy atom. The number of benzene rings is 1. The van der Waals surface area contributed by atoms with E-state index in [1.54, 1.807) is 24.8 Å². The summed E-state index contributed by atoms with van der Waals surface area (Å²) < 4.78 is 12.6. The molecule has 0 spiro atoms. The third kappa shape index (κ3) is 3.10. The molecule has 3 aromatic rings. The molecule has 0 bridgehead atoms. The van der Waals surface area contributed by atoms with Gasteiger partial charge in [-0.2, -0.15) is 0 Å². The van der Waals surface area contributed by atoms with Gasteiger partial charge in [-0.3, -0.25) is 0 Å². The van der Waals surface area contributed by atoms with E-state index in [1.807, 2.05) is 30.3 Å². The first-order valence-electron chi connectivity index (χ1n) is 7.50. The number of aromatic nitrogens is 2. The zero-order valence-corrected chi connectivity index (χ0v) is 14.4. The van der Waals surface area contributed by atoms with E-state index < -0.39 is 0 Å². The van der Waals surface area contributed by atoms with Crippen LogP contribution in [0.2, 0.25) is 0 Å². The van der Waals surface area contributed by atoms with Crippen molar-refractivity contribution >= 4 is 28.8 Å². The van der Waals surface area contributed by atoms with Crippen LogP contribution in [-0.2, 0) is 11.3 Å². The molecule has 5 nitrogen and oxygen atoms in total. The standard InChI is InChI=1S/C18H18N2O3S/c1-4-9-24-18-19-15-7-5-6-8-16(15)20(18)11-13-10-14(12(2)23-13)17(21)22-3/h4-8,10H,1,9,11H2,2-3H3. The van der Waals surface area contributed by atoms with E-state index >= 15 is 0 Å². The van der Waals surface area contributed by atoms with Crippen LogP contribution in [-0.4, -0.2) is 28.4 Å². The van der Waals surface area contributed by atoms with Gasteiger partial charge in [0.2, 0.25) is 0 Å². The van der Waals surface area contributed by atoms with Gasteiger partial charge in [-0.15, -0.1) is 6.58 Å². The molecule has 24 heavy (non-hydrogen) atoms. The summed E-state index contributed by atoms with van der Waals surface area (Å²) in [6.07, 6.45) is 1.85. The maximum Gasteiger partial charge on any atom is 0.341 e. The van der Waals surface area contributed by atoms with Gasteiger partial charge < -0.3 is 13.7 Å². The highest BCUT2D eigenvalue weighted by Gasteiger charge is 2.18. The molecule has 0 saturated carbocycles. The molecule has 6 heteroatoms. The van der Waals surface area contributed by atoms with Gasteiger partial charge in [0, 0.05) is 5.75 Å². The van der Waals surface area contributed by atoms with Crippen molar-refractivity contribution in [2.75, 3.05) is 12.9 Å². The number of ether oxygens (including phenoxy) is 1. The minimum Gasteiger partial charge on any atom is -0.465 e. The number of thioether (sulfide) groups is 1. The van der Waals surface area contributed by atoms with E-state index in [-0.39, 0.29) is 5.97 Å². The molecular formula is C18H18N2O3S. The van der Waals surface area contributed by atoms with Crippen LogP contribution in [0.3, 0.4) is 0 Å². The molecule has 124 valence electrons. The summed E-state index contributed by atoms with van der Waals surface area (Å²) in [5, 5.41) is 0.893. The lowest BCUT2D eigenvalue weighted by Gasteiger charge is -2.06. The summed E-state index contributed by atoms with van der Waals surface area (Å²) in [5.74, 6) is 1.63. The Morgan fingerprint density at radius 3 is 3.00 bits per heavy atom. The summed E-state index contributed by atoms with van der Waals surface area (Å²) in [6.45, 7) is 6.02. The number of rotatable bonds is 6. The number of hydrogen-bond acceptors (Lipinski definition) is 5. The lowest BCUT2D eigenvalue weighted by Crippen LogP contribution is -2.02. The van der Waals surface area contributed by atoms with Gasteiger partial charge >= 0.3 is 5.97 Å². The quantitative estimate of drug-likeness (QED) is 0.384. The summed E-state index contributed by atoms with van der Waals surface area (Å²) in [7, 11) is 1.36. The first-order valence-corrected chi connectivity index (χ1v) is 8.49. The second kappa shape index (κ2) is 6.97. The molecule has 0 saturated heterocycles. The summed E-state index contributed by atoms with van der Waals surface area (Å²) in [6, 6.07) is 9.69. The van der Waals surface area contributed by atoms with Crippen LogP contribution in [0.5, 0.6) is 0 Å². The number of fused-ring (bicyclic) bond motifs is 1. The second-order valence-corrected chi connectivity index (χ2v) is 6.23. The summed E-state index contributed by atoms with van der Waals surface area (Å²) >= 11 is 1.61. The molecule has 0 atom stereocenters. The van der Waals surface area contributed by atoms with Crippen molar-refractivity contribution in [3.05, 3.63) is 60.1 Å². The van der Waals surface area contributed by atoms with Crippen molar-refractivity contribution in [1.82, 2.24) is 9.55 Å². The number of esters is 1. The zero-order chi connectivity index (χ0) is 17.1. The van der Waals surface area contributed by atoms with E-state index in [1.165, 1.54) is 7.11 Å². The molecule has 0 unspecified atom stereocenters. The van der Waals surface area contributed by atoms with E-state index in [0.717, 1.165) is 21.9 Å². The Hall–Kier alpha value is -2.47. The Kier molecular flexibility index (Phi) is 4.76. The Balaban J connectivity index is 1.99. The topological polar surface area (TPSA) is 57.3 Å². The second-order valence-electron chi connectivity index (χ2n) is 5.24. The van der Waals surface area contributed by atoms with E-state index in [9.17, 15) is 4.79 Å². The van der Waals surface area contributed by atoms with Crippen LogP contribution in [0.15, 0.2) is 52.6 Å². The molecule has 0 aliphatic carbocycles. The van der Waals surface area contributed by atoms with Crippen molar-refractivity contribution in [2.24, 2.45) is 0 Å². The van der Waals surface area contributed by atoms with Gasteiger partial charge in [0.15, 0.2) is 5.16 Å². The van der Waals surface area contributed by atoms with E-state index in [2.05, 4.69) is 16.1 Å². The van der Waals surface area contributed by atoms with Crippen molar-refractivity contribution < 1.29 is 13.9 Å². The molecule has 0 fully saturated rings. The number of aryl methyl sites for hydroxylation is 1. The van der Waals surface area contributed by atoms with Crippen LogP contribution in [0, 0.1) is 6.92 Å². The Bertz CT molecular complexity index is 895. The first-order chi connectivity index (χ1) is 11.6. The molecular weight excluding hydrogens is 324 g/mol. The summed E-state index contributed by atoms with van der Waals surface area (Å²) in [4.78, 5) is 16.4. The highest BCUT2D eigenvalue weighted by Crippen LogP contribution is 2.26. The number of hydrogen-bond donors (Lipinski definition) is 0. The van der Waals surface area contributed by atoms with Crippen LogP contribution in [0.4, 0.5) is 0 Å². The number of carbonyl (C=O) groups excluding carboxylic acids is 1. The van der Waals surface area contributed by atoms with Crippen molar-refractivity contribution in [3.8, 4) is 0 Å². The van der Waals surface area contributed by atoms with Gasteiger partial charge in [0.05, 0.1) is 24.7 Å². The summed E-state index contributed by atoms with van der Waals surface area (Å²) in [5.41, 5.74) is 2.41. The average molecular weight is 342 g/mol. The fourth-order valence-corrected chi connectivity index (χ4v) is 3.29. The Morgan fingerprint density at radius 2 is 2.25 bits per heavy atom. The van der Waals surface area contributed by atoms with Crippen molar-refractivity contribution in [3.63, 3.8) is 0 Å². The monoisotopic (exact) mass is 342 g/mol. The minimum atomic E-state index is -0.390. The highest BCUT2D eigenvalue weighted by atomic mass is 32.2. The maximum absolute atomic E-state index is 11.8. The fraction of sp³-hybridized carbons (Fsp3) is 0.222. The molecule has 3 rings (SSSR count). The van der Waals surface area contributed by atoms with Crippen LogP contribution < -0.4 is 0 Å². The molecule has 0 aliphatic rings. The molecule has 2 heterocycles. The van der Waals surface area contributed by atoms with Gasteiger partial charge in [-0.1, -0.05) is 30.0 Å². The third-order valence-corrected chi connectivity index (χ3v) is 4.61. The third-order valence-electron chi connectivity index (χ3n) is 3.64. The number of para-hydroxylation sites is 2. The molecule has 1 aromatic carbocycles. The first kappa shape index (κ1) is 16.4. The highest BCUT2D eigenvalue weighted by molar-refractivity contribution is 7.99. The molecule has 0 aliphatic heterocycles. The molecule has 2 aromatic heterocycles. The number of imidazole rings is 1. The van der Waals surface area contributed by atoms with Gasteiger partial charge in [-0.05, 0) is 25.1 Å². The SMILES string of the molecule is C=CCSc1nc2ccccc2n1Cc1cc(C(=O)OC)c(C)o1. The smallest absolute Gasteiger partial charge is 0.341 e. The van der Waals surface area contributed by atoms with Crippen LogP contribution >= 0.6 is 11.8 Å². The van der Waals surface area contributed by atoms with Crippen molar-refractivity contribution in [2.45, 2.75) is 18.6 Å². The zero-order valence-electron chi connectivity index (χ0n) is 13.6. The lowest BCUT2D eigenvalue weighted by atomic mass is 10.2. The Labute approximate surface area is 144 Å². The lowest BCUT2D eigenvalue weighted by molar-refractivity contribution is 0.0599. The number of furan rings is 1. The largest absolute Gasteiger partial charge is 0.465 e. The minimum absolute atomic E-state index is 0.390.